The van der Waals surface area contributed by atoms with Gasteiger partial charge in [-0.25, -0.2) is 4.79 Å². The topological polar surface area (TPSA) is 49.8 Å². The lowest BCUT2D eigenvalue weighted by Crippen LogP contribution is -2.46. The minimum absolute atomic E-state index is 0.306. The molecule has 4 nitrogen and oxygen atoms in total. The number of carboxylic acid groups (broad SMARTS) is 1. The van der Waals surface area contributed by atoms with E-state index in [1.165, 1.54) is 19.3 Å². The van der Waals surface area contributed by atoms with Crippen molar-refractivity contribution < 1.29 is 14.6 Å². The minimum Gasteiger partial charge on any atom is -0.479 e. The Kier molecular flexibility index (Phi) is 4.86. The number of hydrogen-bond donors (Lipinski definition) is 1. The van der Waals surface area contributed by atoms with Gasteiger partial charge in [0.05, 0.1) is 6.61 Å². The maximum Gasteiger partial charge on any atom is 0.334 e. The summed E-state index contributed by atoms with van der Waals surface area (Å²) >= 11 is 0. The molecule has 1 atom stereocenters. The maximum absolute atomic E-state index is 11.0. The summed E-state index contributed by atoms with van der Waals surface area (Å²) in [4.78, 5) is 13.2. The van der Waals surface area contributed by atoms with E-state index in [1.807, 2.05) is 0 Å². The Balaban J connectivity index is 1.93. The van der Waals surface area contributed by atoms with Crippen LogP contribution in [0.1, 0.15) is 46.5 Å². The molecule has 0 amide bonds. The van der Waals surface area contributed by atoms with Crippen molar-refractivity contribution >= 4 is 5.97 Å². The Morgan fingerprint density at radius 2 is 2.25 bits per heavy atom. The third-order valence-electron chi connectivity index (χ3n) is 4.79. The Bertz CT molecular complexity index is 401. The Morgan fingerprint density at radius 3 is 2.90 bits per heavy atom. The lowest BCUT2D eigenvalue weighted by molar-refractivity contribution is -0.156. The molecular formula is C16H27NO3. The highest BCUT2D eigenvalue weighted by molar-refractivity contribution is 5.72. The van der Waals surface area contributed by atoms with Crippen LogP contribution in [0, 0.1) is 5.41 Å². The number of rotatable bonds is 4. The van der Waals surface area contributed by atoms with E-state index >= 15 is 0 Å². The van der Waals surface area contributed by atoms with Crippen LogP contribution in [0.4, 0.5) is 0 Å². The molecule has 2 aliphatic rings. The van der Waals surface area contributed by atoms with Gasteiger partial charge in [0.1, 0.15) is 0 Å². The van der Waals surface area contributed by atoms with Gasteiger partial charge in [-0.2, -0.15) is 0 Å². The first-order valence-electron chi connectivity index (χ1n) is 7.66. The summed E-state index contributed by atoms with van der Waals surface area (Å²) in [5.74, 6) is -0.844. The van der Waals surface area contributed by atoms with Gasteiger partial charge in [-0.3, -0.25) is 4.90 Å². The molecule has 1 fully saturated rings. The Labute approximate surface area is 121 Å². The molecule has 0 aromatic rings. The number of carbonyl (C=O) groups is 1. The molecular weight excluding hydrogens is 254 g/mol. The van der Waals surface area contributed by atoms with Crippen molar-refractivity contribution in [1.82, 2.24) is 4.90 Å². The summed E-state index contributed by atoms with van der Waals surface area (Å²) in [6, 6.07) is 0. The highest BCUT2D eigenvalue weighted by Crippen LogP contribution is 2.41. The fraction of sp³-hybridized carbons (Fsp3) is 0.812. The Morgan fingerprint density at radius 1 is 1.50 bits per heavy atom. The van der Waals surface area contributed by atoms with Crippen LogP contribution in [-0.2, 0) is 9.53 Å². The van der Waals surface area contributed by atoms with Crippen LogP contribution in [0.5, 0.6) is 0 Å². The molecule has 4 heteroatoms. The number of nitrogens with zero attached hydrogens (tertiary/aromatic N) is 1. The molecule has 20 heavy (non-hydrogen) atoms. The summed E-state index contributed by atoms with van der Waals surface area (Å²) in [6.07, 6.45) is 4.19. The van der Waals surface area contributed by atoms with E-state index in [0.29, 0.717) is 18.6 Å². The first-order valence-corrected chi connectivity index (χ1v) is 7.66. The third-order valence-corrected chi connectivity index (χ3v) is 4.79. The maximum atomic E-state index is 11.0. The van der Waals surface area contributed by atoms with Gasteiger partial charge in [0, 0.05) is 19.6 Å². The van der Waals surface area contributed by atoms with Crippen molar-refractivity contribution in [2.45, 2.75) is 52.6 Å². The van der Waals surface area contributed by atoms with E-state index in [9.17, 15) is 4.79 Å². The molecule has 0 saturated carbocycles. The highest BCUT2D eigenvalue weighted by atomic mass is 16.5. The van der Waals surface area contributed by atoms with Gasteiger partial charge < -0.3 is 9.84 Å². The van der Waals surface area contributed by atoms with Gasteiger partial charge in [0.15, 0.2) is 6.10 Å². The zero-order valence-electron chi connectivity index (χ0n) is 12.9. The average molecular weight is 281 g/mol. The largest absolute Gasteiger partial charge is 0.479 e. The summed E-state index contributed by atoms with van der Waals surface area (Å²) in [5.41, 5.74) is 3.44. The standard InChI is InChI=1S/C16H27NO3/c1-12-5-4-7-16(2,3)13(12)6-8-17-9-10-20-14(11-17)15(18)19/h14H,4-11H2,1-3H3,(H,18,19). The predicted octanol–water partition coefficient (Wildman–Crippen LogP) is 2.69. The van der Waals surface area contributed by atoms with Gasteiger partial charge >= 0.3 is 5.97 Å². The molecule has 0 radical (unpaired) electrons. The van der Waals surface area contributed by atoms with E-state index < -0.39 is 12.1 Å². The van der Waals surface area contributed by atoms with Crippen molar-refractivity contribution in [1.29, 1.82) is 0 Å². The molecule has 0 bridgehead atoms. The van der Waals surface area contributed by atoms with Crippen LogP contribution in [0.25, 0.3) is 0 Å². The number of aliphatic carboxylic acids is 1. The molecule has 1 saturated heterocycles. The normalized spacial score (nSPS) is 27.6. The van der Waals surface area contributed by atoms with Crippen LogP contribution in [0.3, 0.4) is 0 Å². The fourth-order valence-corrected chi connectivity index (χ4v) is 3.55. The molecule has 1 N–H and O–H groups in total. The first-order chi connectivity index (χ1) is 9.40. The van der Waals surface area contributed by atoms with Gasteiger partial charge in [0.25, 0.3) is 0 Å². The number of allylic oxidation sites excluding steroid dienone is 1. The van der Waals surface area contributed by atoms with Crippen LogP contribution in [0.15, 0.2) is 11.1 Å². The Hall–Kier alpha value is -0.870. The summed E-state index contributed by atoms with van der Waals surface area (Å²) < 4.78 is 5.27. The molecule has 1 aliphatic carbocycles. The second-order valence-corrected chi connectivity index (χ2v) is 6.74. The second kappa shape index (κ2) is 6.27. The summed E-state index contributed by atoms with van der Waals surface area (Å²) in [6.45, 7) is 9.77. The van der Waals surface area contributed by atoms with Gasteiger partial charge in [-0.1, -0.05) is 25.0 Å². The van der Waals surface area contributed by atoms with Crippen molar-refractivity contribution in [2.75, 3.05) is 26.2 Å². The minimum atomic E-state index is -0.844. The van der Waals surface area contributed by atoms with Crippen LogP contribution < -0.4 is 0 Å². The molecule has 0 spiro atoms. The van der Waals surface area contributed by atoms with Crippen molar-refractivity contribution in [2.24, 2.45) is 5.41 Å². The quantitative estimate of drug-likeness (QED) is 0.805. The SMILES string of the molecule is CC1=C(CCN2CCOC(C(=O)O)C2)C(C)(C)CCC1. The van der Waals surface area contributed by atoms with E-state index in [0.717, 1.165) is 19.5 Å². The lowest BCUT2D eigenvalue weighted by atomic mass is 9.71. The number of ether oxygens (including phenoxy) is 1. The van der Waals surface area contributed by atoms with Crippen molar-refractivity contribution in [3.05, 3.63) is 11.1 Å². The first kappa shape index (κ1) is 15.5. The van der Waals surface area contributed by atoms with Crippen LogP contribution in [-0.4, -0.2) is 48.3 Å². The zero-order chi connectivity index (χ0) is 14.8. The van der Waals surface area contributed by atoms with Gasteiger partial charge in [-0.15, -0.1) is 0 Å². The van der Waals surface area contributed by atoms with E-state index in [4.69, 9.17) is 9.84 Å². The zero-order valence-corrected chi connectivity index (χ0v) is 12.9. The molecule has 1 unspecified atom stereocenters. The molecule has 1 aliphatic heterocycles. The van der Waals surface area contributed by atoms with E-state index in [2.05, 4.69) is 25.7 Å². The smallest absolute Gasteiger partial charge is 0.334 e. The molecule has 2 rings (SSSR count). The average Bonchev–Trinajstić information content (AvgIpc) is 2.37. The fourth-order valence-electron chi connectivity index (χ4n) is 3.55. The molecule has 0 aromatic carbocycles. The molecule has 114 valence electrons. The molecule has 0 aromatic heterocycles. The lowest BCUT2D eigenvalue weighted by Gasteiger charge is -2.37. The third kappa shape index (κ3) is 3.61. The molecule has 1 heterocycles. The highest BCUT2D eigenvalue weighted by Gasteiger charge is 2.30. The van der Waals surface area contributed by atoms with Crippen LogP contribution >= 0.6 is 0 Å². The second-order valence-electron chi connectivity index (χ2n) is 6.74. The number of morpholine rings is 1. The van der Waals surface area contributed by atoms with E-state index in [-0.39, 0.29) is 0 Å². The van der Waals surface area contributed by atoms with Crippen molar-refractivity contribution in [3.8, 4) is 0 Å². The summed E-state index contributed by atoms with van der Waals surface area (Å²) in [5, 5.41) is 9.04. The number of hydrogen-bond acceptors (Lipinski definition) is 3. The van der Waals surface area contributed by atoms with Gasteiger partial charge in [-0.05, 0) is 38.0 Å². The summed E-state index contributed by atoms with van der Waals surface area (Å²) in [7, 11) is 0. The van der Waals surface area contributed by atoms with E-state index in [1.54, 1.807) is 11.1 Å². The van der Waals surface area contributed by atoms with Gasteiger partial charge in [0.2, 0.25) is 0 Å². The predicted molar refractivity (Wildman–Crippen MR) is 78.8 cm³/mol. The number of carboxylic acids is 1. The van der Waals surface area contributed by atoms with Crippen LogP contribution in [0.2, 0.25) is 0 Å². The van der Waals surface area contributed by atoms with Crippen molar-refractivity contribution in [3.63, 3.8) is 0 Å². The monoisotopic (exact) mass is 281 g/mol.